The van der Waals surface area contributed by atoms with E-state index in [1.165, 1.54) is 0 Å². The molecule has 0 unspecified atom stereocenters. The molecule has 0 spiro atoms. The summed E-state index contributed by atoms with van der Waals surface area (Å²) in [6, 6.07) is 0.296. The van der Waals surface area contributed by atoms with Gasteiger partial charge in [0.05, 0.1) is 0 Å². The van der Waals surface area contributed by atoms with E-state index >= 15 is 0 Å². The third-order valence-electron chi connectivity index (χ3n) is 2.72. The van der Waals surface area contributed by atoms with Gasteiger partial charge in [0, 0.05) is 12.6 Å². The van der Waals surface area contributed by atoms with E-state index in [9.17, 15) is 9.59 Å². The first-order valence-electron chi connectivity index (χ1n) is 5.93. The highest BCUT2D eigenvalue weighted by atomic mass is 16.2. The second kappa shape index (κ2) is 4.85. The van der Waals surface area contributed by atoms with Crippen LogP contribution in [0.5, 0.6) is 0 Å². The van der Waals surface area contributed by atoms with Crippen LogP contribution in [0, 0.1) is 11.3 Å². The normalized spacial score (nSPS) is 16.1. The standard InChI is InChI=1S/C12H22N2O2/c1-8(2)7-13-10(15)12(3,4)11(16)14-9-5-6-9/h8-9H,5-7H2,1-4H3,(H,13,15)(H,14,16). The van der Waals surface area contributed by atoms with Crippen molar-refractivity contribution < 1.29 is 9.59 Å². The lowest BCUT2D eigenvalue weighted by atomic mass is 9.91. The zero-order valence-electron chi connectivity index (χ0n) is 10.6. The van der Waals surface area contributed by atoms with Crippen molar-refractivity contribution in [1.29, 1.82) is 0 Å². The topological polar surface area (TPSA) is 58.2 Å². The predicted octanol–water partition coefficient (Wildman–Crippen LogP) is 1.06. The van der Waals surface area contributed by atoms with Crippen molar-refractivity contribution in [2.24, 2.45) is 11.3 Å². The molecule has 0 saturated heterocycles. The largest absolute Gasteiger partial charge is 0.355 e. The van der Waals surface area contributed by atoms with Crippen LogP contribution in [0.2, 0.25) is 0 Å². The maximum Gasteiger partial charge on any atom is 0.235 e. The molecule has 16 heavy (non-hydrogen) atoms. The Labute approximate surface area is 97.2 Å². The van der Waals surface area contributed by atoms with Gasteiger partial charge in [0.1, 0.15) is 5.41 Å². The fourth-order valence-corrected chi connectivity index (χ4v) is 1.21. The molecule has 92 valence electrons. The van der Waals surface area contributed by atoms with Gasteiger partial charge < -0.3 is 10.6 Å². The number of hydrogen-bond acceptors (Lipinski definition) is 2. The summed E-state index contributed by atoms with van der Waals surface area (Å²) in [4.78, 5) is 23.7. The molecule has 0 aromatic rings. The number of amides is 2. The van der Waals surface area contributed by atoms with Gasteiger partial charge in [0.15, 0.2) is 0 Å². The summed E-state index contributed by atoms with van der Waals surface area (Å²) >= 11 is 0. The van der Waals surface area contributed by atoms with E-state index in [0.717, 1.165) is 12.8 Å². The lowest BCUT2D eigenvalue weighted by Gasteiger charge is -2.23. The Balaban J connectivity index is 2.46. The van der Waals surface area contributed by atoms with Crippen LogP contribution in [0.25, 0.3) is 0 Å². The molecule has 0 radical (unpaired) electrons. The molecule has 1 rings (SSSR count). The number of nitrogens with one attached hydrogen (secondary N) is 2. The van der Waals surface area contributed by atoms with Crippen molar-refractivity contribution in [2.45, 2.75) is 46.6 Å². The molecule has 1 fully saturated rings. The van der Waals surface area contributed by atoms with Gasteiger partial charge in [-0.25, -0.2) is 0 Å². The molecule has 2 amide bonds. The molecule has 0 atom stereocenters. The van der Waals surface area contributed by atoms with Gasteiger partial charge >= 0.3 is 0 Å². The minimum atomic E-state index is -0.975. The SMILES string of the molecule is CC(C)CNC(=O)C(C)(C)C(=O)NC1CC1. The molecule has 4 nitrogen and oxygen atoms in total. The number of rotatable bonds is 5. The molecule has 0 aromatic heterocycles. The maximum atomic E-state index is 11.8. The van der Waals surface area contributed by atoms with Crippen LogP contribution < -0.4 is 10.6 Å². The van der Waals surface area contributed by atoms with Gasteiger partial charge in [-0.05, 0) is 32.6 Å². The molecule has 0 bridgehead atoms. The first-order chi connectivity index (χ1) is 7.34. The second-order valence-electron chi connectivity index (χ2n) is 5.48. The highest BCUT2D eigenvalue weighted by molar-refractivity contribution is 6.04. The van der Waals surface area contributed by atoms with Gasteiger partial charge in [-0.3, -0.25) is 9.59 Å². The Bertz CT molecular complexity index is 281. The molecular formula is C12H22N2O2. The van der Waals surface area contributed by atoms with E-state index in [4.69, 9.17) is 0 Å². The summed E-state index contributed by atoms with van der Waals surface area (Å²) in [5.41, 5.74) is -0.975. The number of hydrogen-bond donors (Lipinski definition) is 2. The Hall–Kier alpha value is -1.06. The van der Waals surface area contributed by atoms with Gasteiger partial charge in [0.25, 0.3) is 0 Å². The van der Waals surface area contributed by atoms with Gasteiger partial charge in [-0.15, -0.1) is 0 Å². The Morgan fingerprint density at radius 1 is 1.25 bits per heavy atom. The lowest BCUT2D eigenvalue weighted by molar-refractivity contribution is -0.141. The van der Waals surface area contributed by atoms with Crippen LogP contribution in [0.3, 0.4) is 0 Å². The molecule has 0 heterocycles. The Kier molecular flexibility index (Phi) is 3.94. The van der Waals surface area contributed by atoms with E-state index in [-0.39, 0.29) is 11.8 Å². The number of carbonyl (C=O) groups excluding carboxylic acids is 2. The maximum absolute atomic E-state index is 11.8. The van der Waals surface area contributed by atoms with E-state index in [0.29, 0.717) is 18.5 Å². The van der Waals surface area contributed by atoms with Gasteiger partial charge in [-0.1, -0.05) is 13.8 Å². The van der Waals surface area contributed by atoms with Crippen molar-refractivity contribution >= 4 is 11.8 Å². The summed E-state index contributed by atoms with van der Waals surface area (Å²) in [5, 5.41) is 5.66. The summed E-state index contributed by atoms with van der Waals surface area (Å²) in [6.07, 6.45) is 2.07. The molecule has 1 aliphatic carbocycles. The molecule has 4 heteroatoms. The van der Waals surface area contributed by atoms with Crippen molar-refractivity contribution in [2.75, 3.05) is 6.54 Å². The van der Waals surface area contributed by atoms with Crippen LogP contribution in [0.15, 0.2) is 0 Å². The van der Waals surface area contributed by atoms with E-state index in [1.807, 2.05) is 13.8 Å². The first kappa shape index (κ1) is 13.0. The summed E-state index contributed by atoms with van der Waals surface area (Å²) in [7, 11) is 0. The summed E-state index contributed by atoms with van der Waals surface area (Å²) in [5.74, 6) is 0.0295. The van der Waals surface area contributed by atoms with E-state index in [2.05, 4.69) is 10.6 Å². The quantitative estimate of drug-likeness (QED) is 0.689. The average molecular weight is 226 g/mol. The molecule has 2 N–H and O–H groups in total. The van der Waals surface area contributed by atoms with Gasteiger partial charge in [0.2, 0.25) is 11.8 Å². The highest BCUT2D eigenvalue weighted by Gasteiger charge is 2.38. The van der Waals surface area contributed by atoms with Crippen molar-refractivity contribution in [3.63, 3.8) is 0 Å². The van der Waals surface area contributed by atoms with Crippen LogP contribution >= 0.6 is 0 Å². The Morgan fingerprint density at radius 3 is 2.25 bits per heavy atom. The monoisotopic (exact) mass is 226 g/mol. The van der Waals surface area contributed by atoms with Crippen molar-refractivity contribution in [3.05, 3.63) is 0 Å². The van der Waals surface area contributed by atoms with E-state index < -0.39 is 5.41 Å². The second-order valence-corrected chi connectivity index (χ2v) is 5.48. The Morgan fingerprint density at radius 2 is 1.81 bits per heavy atom. The zero-order chi connectivity index (χ0) is 12.3. The summed E-state index contributed by atoms with van der Waals surface area (Å²) in [6.45, 7) is 7.99. The number of carbonyl (C=O) groups is 2. The first-order valence-corrected chi connectivity index (χ1v) is 5.93. The third kappa shape index (κ3) is 3.51. The average Bonchev–Trinajstić information content (AvgIpc) is 2.97. The van der Waals surface area contributed by atoms with Crippen LogP contribution in [-0.2, 0) is 9.59 Å². The van der Waals surface area contributed by atoms with Crippen LogP contribution in [0.1, 0.15) is 40.5 Å². The van der Waals surface area contributed by atoms with E-state index in [1.54, 1.807) is 13.8 Å². The molecule has 0 aromatic carbocycles. The summed E-state index contributed by atoms with van der Waals surface area (Å²) < 4.78 is 0. The van der Waals surface area contributed by atoms with Gasteiger partial charge in [-0.2, -0.15) is 0 Å². The van der Waals surface area contributed by atoms with Crippen LogP contribution in [-0.4, -0.2) is 24.4 Å². The minimum Gasteiger partial charge on any atom is -0.355 e. The molecule has 1 aliphatic rings. The minimum absolute atomic E-state index is 0.170. The smallest absolute Gasteiger partial charge is 0.235 e. The fraction of sp³-hybridized carbons (Fsp3) is 0.833. The van der Waals surface area contributed by atoms with Crippen molar-refractivity contribution in [1.82, 2.24) is 10.6 Å². The van der Waals surface area contributed by atoms with Crippen LogP contribution in [0.4, 0.5) is 0 Å². The lowest BCUT2D eigenvalue weighted by Crippen LogP contribution is -2.49. The molecular weight excluding hydrogens is 204 g/mol. The molecule has 1 saturated carbocycles. The fourth-order valence-electron chi connectivity index (χ4n) is 1.21. The predicted molar refractivity (Wildman–Crippen MR) is 62.8 cm³/mol. The van der Waals surface area contributed by atoms with Crippen molar-refractivity contribution in [3.8, 4) is 0 Å². The third-order valence-corrected chi connectivity index (χ3v) is 2.72. The highest BCUT2D eigenvalue weighted by Crippen LogP contribution is 2.22. The zero-order valence-corrected chi connectivity index (χ0v) is 10.6. The molecule has 0 aliphatic heterocycles.